The van der Waals surface area contributed by atoms with Crippen LogP contribution in [-0.4, -0.2) is 48.4 Å². The highest BCUT2D eigenvalue weighted by molar-refractivity contribution is 7.10. The normalized spacial score (nSPS) is 24.0. The molecule has 3 aliphatic heterocycles. The smallest absolute Gasteiger partial charge is 0.185 e. The van der Waals surface area contributed by atoms with Crippen molar-refractivity contribution >= 4 is 22.9 Å². The molecule has 1 atom stereocenters. The lowest BCUT2D eigenvalue weighted by molar-refractivity contribution is -0.0955. The molecule has 0 N–H and O–H groups in total. The Hall–Kier alpha value is -1.90. The number of halogens is 2. The van der Waals surface area contributed by atoms with Gasteiger partial charge in [0.05, 0.1) is 13.2 Å². The van der Waals surface area contributed by atoms with E-state index in [9.17, 15) is 8.78 Å². The van der Waals surface area contributed by atoms with E-state index >= 15 is 0 Å². The van der Waals surface area contributed by atoms with Crippen LogP contribution in [0.5, 0.6) is 0 Å². The van der Waals surface area contributed by atoms with Gasteiger partial charge in [0.2, 0.25) is 0 Å². The number of rotatable bonds is 3. The first-order valence-corrected chi connectivity index (χ1v) is 10.9. The zero-order valence-corrected chi connectivity index (χ0v) is 17.2. The maximum absolute atomic E-state index is 14.1. The van der Waals surface area contributed by atoms with E-state index in [1.54, 1.807) is 23.3 Å². The lowest BCUT2D eigenvalue weighted by atomic mass is 9.85. The topological polar surface area (TPSA) is 41.0 Å². The standard InChI is InChI=1S/C21H24F2N4OS/c1-14-16(13-27(25-14)20-17(22)3-2-7-24-20)12-26-8-5-21(6-9-26)19-15(4-10-28-21)11-18(23)29-19/h2-3,7,11,16H,4-6,8-10,12-13H2,1H3. The predicted molar refractivity (Wildman–Crippen MR) is 109 cm³/mol. The first kappa shape index (κ1) is 19.1. The van der Waals surface area contributed by atoms with Crippen molar-refractivity contribution in [2.24, 2.45) is 11.0 Å². The van der Waals surface area contributed by atoms with E-state index < -0.39 is 0 Å². The molecular formula is C21H24F2N4OS. The van der Waals surface area contributed by atoms with Gasteiger partial charge >= 0.3 is 0 Å². The maximum atomic E-state index is 14.1. The number of pyridine rings is 1. The molecule has 154 valence electrons. The van der Waals surface area contributed by atoms with Crippen molar-refractivity contribution in [3.63, 3.8) is 0 Å². The Bertz CT molecular complexity index is 939. The quantitative estimate of drug-likeness (QED) is 0.760. The second-order valence-corrected chi connectivity index (χ2v) is 9.13. The van der Waals surface area contributed by atoms with Crippen LogP contribution in [-0.2, 0) is 16.8 Å². The van der Waals surface area contributed by atoms with E-state index in [-0.39, 0.29) is 28.3 Å². The van der Waals surface area contributed by atoms with Crippen LogP contribution in [0.1, 0.15) is 30.2 Å². The second kappa shape index (κ2) is 7.41. The second-order valence-electron chi connectivity index (χ2n) is 8.13. The number of anilines is 1. The molecule has 1 unspecified atom stereocenters. The molecule has 29 heavy (non-hydrogen) atoms. The van der Waals surface area contributed by atoms with E-state index in [0.717, 1.165) is 55.0 Å². The Balaban J connectivity index is 1.23. The summed E-state index contributed by atoms with van der Waals surface area (Å²) in [4.78, 5) is 7.66. The third-order valence-electron chi connectivity index (χ3n) is 6.33. The zero-order valence-electron chi connectivity index (χ0n) is 16.4. The molecule has 0 bridgehead atoms. The van der Waals surface area contributed by atoms with Crippen molar-refractivity contribution in [3.05, 3.63) is 45.8 Å². The molecule has 2 aromatic rings. The summed E-state index contributed by atoms with van der Waals surface area (Å²) in [5, 5.41) is 6.10. The first-order valence-electron chi connectivity index (χ1n) is 10.1. The van der Waals surface area contributed by atoms with Crippen LogP contribution in [0.2, 0.25) is 0 Å². The number of fused-ring (bicyclic) bond motifs is 2. The van der Waals surface area contributed by atoms with Crippen LogP contribution in [0, 0.1) is 16.9 Å². The first-order chi connectivity index (χ1) is 14.0. The van der Waals surface area contributed by atoms with E-state index in [0.29, 0.717) is 13.2 Å². The fraction of sp³-hybridized carbons (Fsp3) is 0.524. The van der Waals surface area contributed by atoms with Crippen molar-refractivity contribution in [2.45, 2.75) is 31.8 Å². The lowest BCUT2D eigenvalue weighted by Crippen LogP contribution is -2.47. The number of hydrazone groups is 1. The van der Waals surface area contributed by atoms with Gasteiger partial charge in [-0.3, -0.25) is 0 Å². The fourth-order valence-electron chi connectivity index (χ4n) is 4.71. The summed E-state index contributed by atoms with van der Waals surface area (Å²) in [7, 11) is 0. The van der Waals surface area contributed by atoms with Gasteiger partial charge in [-0.05, 0) is 49.9 Å². The number of hydrogen-bond acceptors (Lipinski definition) is 6. The van der Waals surface area contributed by atoms with Gasteiger partial charge in [0.25, 0.3) is 0 Å². The number of ether oxygens (including phenoxy) is 1. The highest BCUT2D eigenvalue weighted by Crippen LogP contribution is 2.45. The number of nitrogens with zero attached hydrogens (tertiary/aromatic N) is 4. The number of aromatic nitrogens is 1. The van der Waals surface area contributed by atoms with Crippen LogP contribution in [0.3, 0.4) is 0 Å². The Morgan fingerprint density at radius 1 is 1.31 bits per heavy atom. The summed E-state index contributed by atoms with van der Waals surface area (Å²) in [6.07, 6.45) is 4.15. The van der Waals surface area contributed by atoms with E-state index in [4.69, 9.17) is 4.74 Å². The molecule has 1 spiro atoms. The van der Waals surface area contributed by atoms with Crippen LogP contribution < -0.4 is 5.01 Å². The average molecular weight is 419 g/mol. The van der Waals surface area contributed by atoms with Crippen LogP contribution in [0.25, 0.3) is 0 Å². The van der Waals surface area contributed by atoms with Gasteiger partial charge in [0.1, 0.15) is 5.60 Å². The number of piperidine rings is 1. The summed E-state index contributed by atoms with van der Waals surface area (Å²) >= 11 is 1.25. The van der Waals surface area contributed by atoms with Gasteiger partial charge in [-0.2, -0.15) is 9.49 Å². The SMILES string of the molecule is CC1=NN(c2ncccc2F)CC1CN1CCC2(CC1)OCCc1cc(F)sc12. The Labute approximate surface area is 173 Å². The lowest BCUT2D eigenvalue weighted by Gasteiger charge is -2.44. The Morgan fingerprint density at radius 2 is 2.14 bits per heavy atom. The minimum Gasteiger partial charge on any atom is -0.369 e. The third-order valence-corrected chi connectivity index (χ3v) is 7.48. The summed E-state index contributed by atoms with van der Waals surface area (Å²) in [6, 6.07) is 4.68. The number of hydrogen-bond donors (Lipinski definition) is 0. The third kappa shape index (κ3) is 3.47. The molecule has 1 fully saturated rings. The Morgan fingerprint density at radius 3 is 2.93 bits per heavy atom. The summed E-state index contributed by atoms with van der Waals surface area (Å²) in [5.41, 5.74) is 1.81. The monoisotopic (exact) mass is 418 g/mol. The molecule has 2 aromatic heterocycles. The van der Waals surface area contributed by atoms with Crippen molar-refractivity contribution < 1.29 is 13.5 Å². The molecule has 1 saturated heterocycles. The van der Waals surface area contributed by atoms with Gasteiger partial charge in [-0.1, -0.05) is 0 Å². The number of thiophene rings is 1. The summed E-state index contributed by atoms with van der Waals surface area (Å²) in [6.45, 7) is 5.99. The highest BCUT2D eigenvalue weighted by Gasteiger charge is 2.43. The van der Waals surface area contributed by atoms with E-state index in [1.165, 1.54) is 17.4 Å². The summed E-state index contributed by atoms with van der Waals surface area (Å²) < 4.78 is 34.1. The van der Waals surface area contributed by atoms with Crippen molar-refractivity contribution in [3.8, 4) is 0 Å². The van der Waals surface area contributed by atoms with Crippen molar-refractivity contribution in [2.75, 3.05) is 37.8 Å². The molecular weight excluding hydrogens is 394 g/mol. The molecule has 0 amide bonds. The van der Waals surface area contributed by atoms with Crippen LogP contribution >= 0.6 is 11.3 Å². The predicted octanol–water partition coefficient (Wildman–Crippen LogP) is 3.80. The van der Waals surface area contributed by atoms with Crippen molar-refractivity contribution in [1.29, 1.82) is 0 Å². The molecule has 3 aliphatic rings. The zero-order chi connectivity index (χ0) is 20.0. The van der Waals surface area contributed by atoms with Gasteiger partial charge in [-0.15, -0.1) is 11.3 Å². The largest absolute Gasteiger partial charge is 0.369 e. The molecule has 5 heterocycles. The maximum Gasteiger partial charge on any atom is 0.185 e. The molecule has 0 aliphatic carbocycles. The molecule has 5 rings (SSSR count). The Kier molecular flexibility index (Phi) is 4.88. The van der Waals surface area contributed by atoms with E-state index in [2.05, 4.69) is 15.0 Å². The average Bonchev–Trinajstić information content (AvgIpc) is 3.27. The number of likely N-dealkylation sites (tertiary alicyclic amines) is 1. The molecule has 0 radical (unpaired) electrons. The molecule has 8 heteroatoms. The molecule has 0 saturated carbocycles. The minimum absolute atomic E-state index is 0.109. The van der Waals surface area contributed by atoms with Crippen LogP contribution in [0.4, 0.5) is 14.6 Å². The van der Waals surface area contributed by atoms with Crippen LogP contribution in [0.15, 0.2) is 29.5 Å². The van der Waals surface area contributed by atoms with Gasteiger partial charge in [-0.25, -0.2) is 14.4 Å². The van der Waals surface area contributed by atoms with Gasteiger partial charge in [0.15, 0.2) is 16.8 Å². The van der Waals surface area contributed by atoms with Gasteiger partial charge in [0, 0.05) is 42.3 Å². The minimum atomic E-state index is -0.349. The van der Waals surface area contributed by atoms with Gasteiger partial charge < -0.3 is 9.64 Å². The molecule has 0 aromatic carbocycles. The fourth-order valence-corrected chi connectivity index (χ4v) is 5.85. The van der Waals surface area contributed by atoms with Crippen molar-refractivity contribution in [1.82, 2.24) is 9.88 Å². The molecule has 5 nitrogen and oxygen atoms in total. The summed E-state index contributed by atoms with van der Waals surface area (Å²) in [5.74, 6) is 0.181. The highest BCUT2D eigenvalue weighted by atomic mass is 32.1. The van der Waals surface area contributed by atoms with E-state index in [1.807, 2.05) is 6.92 Å².